The average Bonchev–Trinajstić information content (AvgIpc) is 3.25. The summed E-state index contributed by atoms with van der Waals surface area (Å²) in [5, 5.41) is 1.65. The molecule has 158 valence electrons. The van der Waals surface area contributed by atoms with E-state index in [1.807, 2.05) is 0 Å². The quantitative estimate of drug-likeness (QED) is 0.608. The predicted octanol–water partition coefficient (Wildman–Crippen LogP) is 2.65. The van der Waals surface area contributed by atoms with Gasteiger partial charge in [-0.2, -0.15) is 16.1 Å². The molecule has 29 heavy (non-hydrogen) atoms. The van der Waals surface area contributed by atoms with E-state index in [1.165, 1.54) is 15.3 Å². The molecule has 1 aromatic carbocycles. The summed E-state index contributed by atoms with van der Waals surface area (Å²) in [4.78, 5) is 14.7. The second-order valence-corrected chi connectivity index (χ2v) is 10.4. The van der Waals surface area contributed by atoms with Crippen molar-refractivity contribution < 1.29 is 22.7 Å². The number of carbonyl (C=O) groups excluding carboxylic acids is 1. The van der Waals surface area contributed by atoms with Gasteiger partial charge in [0.05, 0.1) is 13.7 Å². The molecule has 0 saturated carbocycles. The Balaban J connectivity index is 1.62. The number of rotatable bonds is 8. The lowest BCUT2D eigenvalue weighted by Crippen LogP contribution is -2.39. The van der Waals surface area contributed by atoms with Gasteiger partial charge in [-0.3, -0.25) is 4.79 Å². The van der Waals surface area contributed by atoms with Crippen molar-refractivity contribution in [1.29, 1.82) is 0 Å². The molecule has 0 spiro atoms. The van der Waals surface area contributed by atoms with Crippen LogP contribution in [0.3, 0.4) is 0 Å². The van der Waals surface area contributed by atoms with Crippen LogP contribution in [0.15, 0.2) is 40.6 Å². The van der Waals surface area contributed by atoms with Gasteiger partial charge >= 0.3 is 0 Å². The summed E-state index contributed by atoms with van der Waals surface area (Å²) in [5.74, 6) is 2.64. The third-order valence-electron chi connectivity index (χ3n) is 4.51. The van der Waals surface area contributed by atoms with E-state index in [4.69, 9.17) is 9.47 Å². The van der Waals surface area contributed by atoms with Crippen molar-refractivity contribution in [3.05, 3.63) is 40.6 Å². The number of hydrogen-bond acceptors (Lipinski definition) is 7. The van der Waals surface area contributed by atoms with Crippen molar-refractivity contribution in [1.82, 2.24) is 9.21 Å². The Hall–Kier alpha value is -1.75. The standard InChI is InChI=1S/C19H24N2O5S3/c1-20(8-11-26-16-5-3-15(25-2)4-6-16)19(22)18-17(7-12-28-18)29(23,24)21-9-13-27-14-10-21/h3-7,12H,8-11,13-14H2,1-2H3. The number of benzene rings is 1. The second kappa shape index (κ2) is 9.84. The summed E-state index contributed by atoms with van der Waals surface area (Å²) < 4.78 is 38.2. The molecule has 7 nitrogen and oxygen atoms in total. The van der Waals surface area contributed by atoms with Crippen LogP contribution in [0.1, 0.15) is 9.67 Å². The minimum absolute atomic E-state index is 0.0994. The summed E-state index contributed by atoms with van der Waals surface area (Å²) in [5.41, 5.74) is 0. The van der Waals surface area contributed by atoms with E-state index >= 15 is 0 Å². The molecule has 1 amide bonds. The highest BCUT2D eigenvalue weighted by atomic mass is 32.2. The molecule has 1 aliphatic heterocycles. The van der Waals surface area contributed by atoms with E-state index in [2.05, 4.69) is 0 Å². The summed E-state index contributed by atoms with van der Waals surface area (Å²) in [6, 6.07) is 8.71. The van der Waals surface area contributed by atoms with Crippen molar-refractivity contribution in [2.24, 2.45) is 0 Å². The average molecular weight is 457 g/mol. The first kappa shape index (κ1) is 21.9. The van der Waals surface area contributed by atoms with Gasteiger partial charge in [-0.25, -0.2) is 8.42 Å². The Morgan fingerprint density at radius 1 is 1.14 bits per heavy atom. The Kier molecular flexibility index (Phi) is 7.44. The molecule has 0 unspecified atom stereocenters. The fourth-order valence-corrected chi connectivity index (χ4v) is 6.79. The minimum Gasteiger partial charge on any atom is -0.497 e. The zero-order valence-electron chi connectivity index (χ0n) is 16.4. The zero-order chi connectivity index (χ0) is 20.9. The van der Waals surface area contributed by atoms with E-state index in [9.17, 15) is 13.2 Å². The largest absolute Gasteiger partial charge is 0.497 e. The van der Waals surface area contributed by atoms with Crippen LogP contribution >= 0.6 is 23.1 Å². The van der Waals surface area contributed by atoms with E-state index in [0.29, 0.717) is 32.0 Å². The van der Waals surface area contributed by atoms with Crippen molar-refractivity contribution in [3.63, 3.8) is 0 Å². The molecule has 1 aliphatic rings. The number of thiophene rings is 1. The summed E-state index contributed by atoms with van der Waals surface area (Å²) in [6.45, 7) is 1.58. The molecule has 2 heterocycles. The third-order valence-corrected chi connectivity index (χ3v) is 8.43. The first-order chi connectivity index (χ1) is 13.9. The molecule has 0 atom stereocenters. The molecule has 0 aliphatic carbocycles. The van der Waals surface area contributed by atoms with Gasteiger partial charge in [0.15, 0.2) is 0 Å². The maximum absolute atomic E-state index is 13.0. The Bertz CT molecular complexity index is 922. The number of thioether (sulfide) groups is 1. The highest BCUT2D eigenvalue weighted by Crippen LogP contribution is 2.28. The number of carbonyl (C=O) groups is 1. The molecule has 1 aromatic heterocycles. The van der Waals surface area contributed by atoms with Gasteiger partial charge < -0.3 is 14.4 Å². The van der Waals surface area contributed by atoms with Crippen LogP contribution < -0.4 is 9.47 Å². The maximum Gasteiger partial charge on any atom is 0.265 e. The normalized spacial score (nSPS) is 15.1. The first-order valence-corrected chi connectivity index (χ1v) is 12.6. The van der Waals surface area contributed by atoms with Gasteiger partial charge in [0.2, 0.25) is 10.0 Å². The van der Waals surface area contributed by atoms with Gasteiger partial charge in [0.25, 0.3) is 5.91 Å². The molecule has 0 bridgehead atoms. The lowest BCUT2D eigenvalue weighted by Gasteiger charge is -2.26. The summed E-state index contributed by atoms with van der Waals surface area (Å²) >= 11 is 2.89. The Morgan fingerprint density at radius 2 is 1.79 bits per heavy atom. The number of likely N-dealkylation sites (N-methyl/N-ethyl adjacent to an activating group) is 1. The topological polar surface area (TPSA) is 76.1 Å². The molecule has 10 heteroatoms. The van der Waals surface area contributed by atoms with Crippen molar-refractivity contribution in [2.45, 2.75) is 4.90 Å². The number of hydrogen-bond donors (Lipinski definition) is 0. The van der Waals surface area contributed by atoms with E-state index in [-0.39, 0.29) is 15.7 Å². The Morgan fingerprint density at radius 3 is 2.45 bits per heavy atom. The molecule has 0 radical (unpaired) electrons. The van der Waals surface area contributed by atoms with Gasteiger partial charge in [0.1, 0.15) is 27.9 Å². The minimum atomic E-state index is -3.66. The Labute approximate surface area is 179 Å². The van der Waals surface area contributed by atoms with E-state index in [0.717, 1.165) is 28.6 Å². The highest BCUT2D eigenvalue weighted by molar-refractivity contribution is 7.99. The fraction of sp³-hybridized carbons (Fsp3) is 0.421. The molecular formula is C19H24N2O5S3. The SMILES string of the molecule is COc1ccc(OCCN(C)C(=O)c2sccc2S(=O)(=O)N2CCSCC2)cc1. The van der Waals surface area contributed by atoms with Crippen LogP contribution in [0.4, 0.5) is 0 Å². The number of nitrogens with zero attached hydrogens (tertiary/aromatic N) is 2. The number of amides is 1. The number of ether oxygens (including phenoxy) is 2. The van der Waals surface area contributed by atoms with Gasteiger partial charge in [-0.15, -0.1) is 11.3 Å². The predicted molar refractivity (Wildman–Crippen MR) is 116 cm³/mol. The van der Waals surface area contributed by atoms with Crippen molar-refractivity contribution in [3.8, 4) is 11.5 Å². The molecule has 1 saturated heterocycles. The van der Waals surface area contributed by atoms with Crippen LogP contribution in [0.25, 0.3) is 0 Å². The molecule has 0 N–H and O–H groups in total. The van der Waals surface area contributed by atoms with Crippen molar-refractivity contribution >= 4 is 39.0 Å². The van der Waals surface area contributed by atoms with Crippen LogP contribution in [-0.2, 0) is 10.0 Å². The lowest BCUT2D eigenvalue weighted by atomic mass is 10.3. The first-order valence-electron chi connectivity index (χ1n) is 9.11. The number of methoxy groups -OCH3 is 1. The lowest BCUT2D eigenvalue weighted by molar-refractivity contribution is 0.0775. The smallest absolute Gasteiger partial charge is 0.265 e. The van der Waals surface area contributed by atoms with Gasteiger partial charge in [-0.1, -0.05) is 0 Å². The highest BCUT2D eigenvalue weighted by Gasteiger charge is 2.32. The molecule has 1 fully saturated rings. The van der Waals surface area contributed by atoms with Gasteiger partial charge in [-0.05, 0) is 35.7 Å². The maximum atomic E-state index is 13.0. The monoisotopic (exact) mass is 456 g/mol. The second-order valence-electron chi connectivity index (χ2n) is 6.38. The van der Waals surface area contributed by atoms with Crippen LogP contribution in [-0.4, -0.2) is 75.4 Å². The van der Waals surface area contributed by atoms with E-state index in [1.54, 1.807) is 55.6 Å². The summed E-state index contributed by atoms with van der Waals surface area (Å²) in [6.07, 6.45) is 0. The van der Waals surface area contributed by atoms with Crippen LogP contribution in [0.2, 0.25) is 0 Å². The van der Waals surface area contributed by atoms with Crippen LogP contribution in [0.5, 0.6) is 11.5 Å². The molecular weight excluding hydrogens is 432 g/mol. The van der Waals surface area contributed by atoms with E-state index < -0.39 is 10.0 Å². The fourth-order valence-electron chi connectivity index (χ4n) is 2.83. The summed E-state index contributed by atoms with van der Waals surface area (Å²) in [7, 11) is -0.415. The van der Waals surface area contributed by atoms with Crippen LogP contribution in [0, 0.1) is 0 Å². The van der Waals surface area contributed by atoms with Crippen molar-refractivity contribution in [2.75, 3.05) is 51.9 Å². The van der Waals surface area contributed by atoms with Gasteiger partial charge in [0, 0.05) is 31.6 Å². The third kappa shape index (κ3) is 5.25. The zero-order valence-corrected chi connectivity index (χ0v) is 18.8. The number of sulfonamides is 1. The molecule has 3 rings (SSSR count). The molecule has 2 aromatic rings.